The molecule has 3 nitrogen and oxygen atoms in total. The standard InChI is InChI=1S/C51H35N3/c1-5-17-36(18-6-1)40-25-15-27-42(31-40)49-52-50(54-51(53-49)48-30-14-13-29-47(48)39-23-11-4-12-24-39)43-28-16-26-41(32-43)46-34-44(37-19-7-2-8-20-37)33-45(35-46)38-21-9-3-10-22-38/h1-35H. The molecular weight excluding hydrogens is 655 g/mol. The summed E-state index contributed by atoms with van der Waals surface area (Å²) < 4.78 is 0. The van der Waals surface area contributed by atoms with Crippen LogP contribution in [0.1, 0.15) is 0 Å². The average Bonchev–Trinajstić information content (AvgIpc) is 3.27. The number of nitrogens with zero attached hydrogens (tertiary/aromatic N) is 3. The first kappa shape index (κ1) is 32.7. The van der Waals surface area contributed by atoms with Crippen LogP contribution >= 0.6 is 0 Å². The third kappa shape index (κ3) is 6.87. The molecule has 9 rings (SSSR count). The fourth-order valence-corrected chi connectivity index (χ4v) is 7.00. The maximum atomic E-state index is 5.21. The van der Waals surface area contributed by atoms with Crippen LogP contribution in [-0.2, 0) is 0 Å². The van der Waals surface area contributed by atoms with Crippen molar-refractivity contribution in [3.05, 3.63) is 212 Å². The molecule has 0 saturated heterocycles. The highest BCUT2D eigenvalue weighted by molar-refractivity contribution is 5.84. The Bertz CT molecular complexity index is 2630. The van der Waals surface area contributed by atoms with Gasteiger partial charge < -0.3 is 0 Å². The molecule has 1 heterocycles. The van der Waals surface area contributed by atoms with Gasteiger partial charge in [0, 0.05) is 16.7 Å². The van der Waals surface area contributed by atoms with Crippen LogP contribution in [0.5, 0.6) is 0 Å². The van der Waals surface area contributed by atoms with Gasteiger partial charge in [0.25, 0.3) is 0 Å². The van der Waals surface area contributed by atoms with Gasteiger partial charge in [-0.05, 0) is 86.0 Å². The Kier molecular flexibility index (Phi) is 8.94. The fraction of sp³-hybridized carbons (Fsp3) is 0. The minimum atomic E-state index is 0.618. The maximum absolute atomic E-state index is 5.21. The zero-order chi connectivity index (χ0) is 36.1. The first-order valence-electron chi connectivity index (χ1n) is 18.2. The lowest BCUT2D eigenvalue weighted by molar-refractivity contribution is 1.07. The summed E-state index contributed by atoms with van der Waals surface area (Å²) in [5, 5.41) is 0. The van der Waals surface area contributed by atoms with E-state index < -0.39 is 0 Å². The zero-order valence-electron chi connectivity index (χ0n) is 29.5. The first-order chi connectivity index (χ1) is 26.7. The van der Waals surface area contributed by atoms with Crippen LogP contribution in [0, 0.1) is 0 Å². The Morgan fingerprint density at radius 3 is 0.963 bits per heavy atom. The van der Waals surface area contributed by atoms with Gasteiger partial charge in [-0.1, -0.05) is 182 Å². The van der Waals surface area contributed by atoms with Crippen molar-refractivity contribution in [3.8, 4) is 89.8 Å². The minimum Gasteiger partial charge on any atom is -0.208 e. The van der Waals surface area contributed by atoms with E-state index in [-0.39, 0.29) is 0 Å². The predicted molar refractivity (Wildman–Crippen MR) is 223 cm³/mol. The molecule has 3 heteroatoms. The van der Waals surface area contributed by atoms with Gasteiger partial charge in [-0.25, -0.2) is 15.0 Å². The molecule has 0 unspecified atom stereocenters. The first-order valence-corrected chi connectivity index (χ1v) is 18.2. The van der Waals surface area contributed by atoms with E-state index >= 15 is 0 Å². The highest BCUT2D eigenvalue weighted by Crippen LogP contribution is 2.36. The van der Waals surface area contributed by atoms with Crippen LogP contribution in [-0.4, -0.2) is 15.0 Å². The van der Waals surface area contributed by atoms with Gasteiger partial charge in [0.1, 0.15) is 0 Å². The summed E-state index contributed by atoms with van der Waals surface area (Å²) in [5.74, 6) is 1.87. The van der Waals surface area contributed by atoms with E-state index in [1.54, 1.807) is 0 Å². The van der Waals surface area contributed by atoms with Crippen molar-refractivity contribution < 1.29 is 0 Å². The molecule has 0 spiro atoms. The van der Waals surface area contributed by atoms with Gasteiger partial charge in [0.05, 0.1) is 0 Å². The molecular formula is C51H35N3. The Morgan fingerprint density at radius 1 is 0.185 bits per heavy atom. The average molecular weight is 690 g/mol. The molecule has 0 atom stereocenters. The summed E-state index contributed by atoms with van der Waals surface area (Å²) in [4.78, 5) is 15.6. The Hall–Kier alpha value is -7.23. The third-order valence-corrected chi connectivity index (χ3v) is 9.72. The second-order valence-electron chi connectivity index (χ2n) is 13.3. The quantitative estimate of drug-likeness (QED) is 0.159. The van der Waals surface area contributed by atoms with Crippen molar-refractivity contribution in [2.75, 3.05) is 0 Å². The van der Waals surface area contributed by atoms with Gasteiger partial charge in [0.15, 0.2) is 17.5 Å². The van der Waals surface area contributed by atoms with E-state index in [0.29, 0.717) is 17.5 Å². The van der Waals surface area contributed by atoms with Crippen LogP contribution in [0.4, 0.5) is 0 Å². The summed E-state index contributed by atoms with van der Waals surface area (Å²) in [5.41, 5.74) is 14.1. The van der Waals surface area contributed by atoms with Gasteiger partial charge in [-0.3, -0.25) is 0 Å². The molecule has 0 aliphatic heterocycles. The Balaban J connectivity index is 1.21. The number of benzene rings is 8. The lowest BCUT2D eigenvalue weighted by atomic mass is 9.93. The molecule has 8 aromatic carbocycles. The van der Waals surface area contributed by atoms with Crippen molar-refractivity contribution in [2.45, 2.75) is 0 Å². The summed E-state index contributed by atoms with van der Waals surface area (Å²) in [6.07, 6.45) is 0. The van der Waals surface area contributed by atoms with E-state index in [0.717, 1.165) is 61.2 Å². The van der Waals surface area contributed by atoms with Crippen LogP contribution in [0.3, 0.4) is 0 Å². The van der Waals surface area contributed by atoms with Crippen LogP contribution in [0.2, 0.25) is 0 Å². The zero-order valence-corrected chi connectivity index (χ0v) is 29.5. The molecule has 54 heavy (non-hydrogen) atoms. The van der Waals surface area contributed by atoms with Crippen molar-refractivity contribution in [1.29, 1.82) is 0 Å². The Morgan fingerprint density at radius 2 is 0.481 bits per heavy atom. The van der Waals surface area contributed by atoms with E-state index in [4.69, 9.17) is 15.0 Å². The molecule has 0 bridgehead atoms. The summed E-state index contributed by atoms with van der Waals surface area (Å²) in [7, 11) is 0. The van der Waals surface area contributed by atoms with Gasteiger partial charge in [-0.15, -0.1) is 0 Å². The lowest BCUT2D eigenvalue weighted by Gasteiger charge is -2.14. The highest BCUT2D eigenvalue weighted by atomic mass is 15.0. The summed E-state index contributed by atoms with van der Waals surface area (Å²) >= 11 is 0. The van der Waals surface area contributed by atoms with Crippen molar-refractivity contribution in [3.63, 3.8) is 0 Å². The SMILES string of the molecule is c1ccc(-c2cc(-c3ccccc3)cc(-c3cccc(-c4nc(-c5cccc(-c6ccccc6)c5)nc(-c5ccccc5-c5ccccc5)n4)c3)c2)cc1. The smallest absolute Gasteiger partial charge is 0.164 e. The van der Waals surface area contributed by atoms with E-state index in [1.807, 2.05) is 18.2 Å². The van der Waals surface area contributed by atoms with Crippen molar-refractivity contribution in [1.82, 2.24) is 15.0 Å². The molecule has 1 aromatic heterocycles. The molecule has 254 valence electrons. The summed E-state index contributed by atoms with van der Waals surface area (Å²) in [6.45, 7) is 0. The molecule has 0 aliphatic carbocycles. The molecule has 0 amide bonds. The van der Waals surface area contributed by atoms with Gasteiger partial charge in [-0.2, -0.15) is 0 Å². The lowest BCUT2D eigenvalue weighted by Crippen LogP contribution is -2.01. The van der Waals surface area contributed by atoms with Crippen LogP contribution in [0.15, 0.2) is 212 Å². The highest BCUT2D eigenvalue weighted by Gasteiger charge is 2.17. The summed E-state index contributed by atoms with van der Waals surface area (Å²) in [6, 6.07) is 74.1. The topological polar surface area (TPSA) is 38.7 Å². The van der Waals surface area contributed by atoms with Crippen LogP contribution < -0.4 is 0 Å². The van der Waals surface area contributed by atoms with Gasteiger partial charge >= 0.3 is 0 Å². The predicted octanol–water partition coefficient (Wildman–Crippen LogP) is 13.2. The van der Waals surface area contributed by atoms with E-state index in [9.17, 15) is 0 Å². The van der Waals surface area contributed by atoms with Crippen molar-refractivity contribution in [2.24, 2.45) is 0 Å². The molecule has 0 radical (unpaired) electrons. The molecule has 9 aromatic rings. The molecule has 0 aliphatic rings. The minimum absolute atomic E-state index is 0.618. The van der Waals surface area contributed by atoms with E-state index in [2.05, 4.69) is 194 Å². The number of rotatable bonds is 8. The molecule has 0 saturated carbocycles. The maximum Gasteiger partial charge on any atom is 0.164 e. The number of aromatic nitrogens is 3. The molecule has 0 N–H and O–H groups in total. The Labute approximate surface area is 316 Å². The second kappa shape index (κ2) is 14.8. The van der Waals surface area contributed by atoms with Crippen molar-refractivity contribution >= 4 is 0 Å². The number of hydrogen-bond donors (Lipinski definition) is 0. The normalized spacial score (nSPS) is 11.0. The second-order valence-corrected chi connectivity index (χ2v) is 13.3. The molecule has 0 fully saturated rings. The monoisotopic (exact) mass is 689 g/mol. The largest absolute Gasteiger partial charge is 0.208 e. The third-order valence-electron chi connectivity index (χ3n) is 9.72. The number of hydrogen-bond acceptors (Lipinski definition) is 3. The van der Waals surface area contributed by atoms with Crippen LogP contribution in [0.25, 0.3) is 89.8 Å². The van der Waals surface area contributed by atoms with Gasteiger partial charge in [0.2, 0.25) is 0 Å². The fourth-order valence-electron chi connectivity index (χ4n) is 7.00. The van der Waals surface area contributed by atoms with E-state index in [1.165, 1.54) is 11.1 Å².